The van der Waals surface area contributed by atoms with Crippen molar-refractivity contribution in [3.05, 3.63) is 60.8 Å². The third-order valence-electron chi connectivity index (χ3n) is 13.9. The van der Waals surface area contributed by atoms with Crippen molar-refractivity contribution in [2.45, 2.75) is 315 Å². The minimum atomic E-state index is -4.76. The molecule has 454 valence electrons. The highest BCUT2D eigenvalue weighted by Crippen LogP contribution is 2.43. The van der Waals surface area contributed by atoms with Gasteiger partial charge in [-0.05, 0) is 83.5 Å². The summed E-state index contributed by atoms with van der Waals surface area (Å²) in [5, 5.41) is 9.83. The summed E-state index contributed by atoms with van der Waals surface area (Å²) >= 11 is 0. The van der Waals surface area contributed by atoms with Crippen molar-refractivity contribution < 1.29 is 52.2 Å². The minimum absolute atomic E-state index is 0.125. The molecule has 2 N–H and O–H groups in total. The largest absolute Gasteiger partial charge is 0.472 e. The van der Waals surface area contributed by atoms with Crippen molar-refractivity contribution in [2.75, 3.05) is 26.4 Å². The molecule has 0 saturated carbocycles. The van der Waals surface area contributed by atoms with Crippen LogP contribution in [-0.2, 0) is 42.2 Å². The van der Waals surface area contributed by atoms with Gasteiger partial charge >= 0.3 is 25.7 Å². The van der Waals surface area contributed by atoms with E-state index in [1.807, 2.05) is 0 Å². The maximum atomic E-state index is 13.0. The number of phosphoric ester groups is 1. The van der Waals surface area contributed by atoms with Crippen LogP contribution in [0.2, 0.25) is 0 Å². The summed E-state index contributed by atoms with van der Waals surface area (Å²) in [6, 6.07) is 0. The summed E-state index contributed by atoms with van der Waals surface area (Å²) < 4.78 is 39.6. The van der Waals surface area contributed by atoms with E-state index in [0.717, 1.165) is 77.0 Å². The Bertz CT molecular complexity index is 1540. The number of hydrogen-bond donors (Lipinski definition) is 2. The van der Waals surface area contributed by atoms with Gasteiger partial charge in [0, 0.05) is 19.3 Å². The van der Waals surface area contributed by atoms with Crippen LogP contribution in [0.15, 0.2) is 60.8 Å². The van der Waals surface area contributed by atoms with E-state index in [4.69, 9.17) is 23.3 Å². The molecule has 0 rings (SSSR count). The Kier molecular flexibility index (Phi) is 58.1. The lowest BCUT2D eigenvalue weighted by Crippen LogP contribution is -2.30. The monoisotopic (exact) mass is 1120 g/mol. The van der Waals surface area contributed by atoms with Gasteiger partial charge in [-0.2, -0.15) is 0 Å². The summed E-state index contributed by atoms with van der Waals surface area (Å²) in [5.74, 6) is -1.49. The number of carbonyl (C=O) groups is 3. The number of hydrogen-bond acceptors (Lipinski definition) is 10. The van der Waals surface area contributed by atoms with Crippen molar-refractivity contribution in [3.8, 4) is 0 Å². The quantitative estimate of drug-likeness (QED) is 0.0197. The van der Waals surface area contributed by atoms with Crippen LogP contribution in [0.5, 0.6) is 0 Å². The number of esters is 3. The molecular formula is C66H119O11P. The van der Waals surface area contributed by atoms with E-state index in [1.165, 1.54) is 167 Å². The Labute approximate surface area is 478 Å². The first-order valence-corrected chi connectivity index (χ1v) is 33.7. The number of aliphatic hydroxyl groups excluding tert-OH is 1. The van der Waals surface area contributed by atoms with Gasteiger partial charge in [0.1, 0.15) is 12.7 Å². The molecule has 78 heavy (non-hydrogen) atoms. The first kappa shape index (κ1) is 75.2. The zero-order chi connectivity index (χ0) is 56.9. The lowest BCUT2D eigenvalue weighted by molar-refractivity contribution is -0.161. The van der Waals surface area contributed by atoms with Crippen LogP contribution >= 0.6 is 7.82 Å². The number of unbranched alkanes of at least 4 members (excludes halogenated alkanes) is 33. The third-order valence-corrected chi connectivity index (χ3v) is 14.9. The maximum absolute atomic E-state index is 13.0. The van der Waals surface area contributed by atoms with Gasteiger partial charge in [-0.15, -0.1) is 0 Å². The van der Waals surface area contributed by atoms with Gasteiger partial charge < -0.3 is 24.2 Å². The minimum Gasteiger partial charge on any atom is -0.462 e. The smallest absolute Gasteiger partial charge is 0.462 e. The second kappa shape index (κ2) is 60.3. The Morgan fingerprint density at radius 1 is 0.372 bits per heavy atom. The number of ether oxygens (including phenoxy) is 3. The summed E-state index contributed by atoms with van der Waals surface area (Å²) in [6.07, 6.45) is 67.5. The number of aliphatic hydroxyl groups is 1. The zero-order valence-corrected chi connectivity index (χ0v) is 51.3. The molecule has 0 amide bonds. The average molecular weight is 1120 g/mol. The van der Waals surface area contributed by atoms with Crippen molar-refractivity contribution in [1.82, 2.24) is 0 Å². The Hall–Kier alpha value is -2.82. The van der Waals surface area contributed by atoms with E-state index in [0.29, 0.717) is 19.3 Å². The third kappa shape index (κ3) is 57.9. The van der Waals surface area contributed by atoms with Crippen molar-refractivity contribution in [2.24, 2.45) is 0 Å². The maximum Gasteiger partial charge on any atom is 0.472 e. The first-order chi connectivity index (χ1) is 38.2. The van der Waals surface area contributed by atoms with Gasteiger partial charge in [-0.1, -0.05) is 261 Å². The van der Waals surface area contributed by atoms with E-state index in [-0.39, 0.29) is 25.9 Å². The zero-order valence-electron chi connectivity index (χ0n) is 50.4. The Morgan fingerprint density at radius 3 is 1.06 bits per heavy atom. The highest BCUT2D eigenvalue weighted by atomic mass is 31.2. The van der Waals surface area contributed by atoms with Crippen molar-refractivity contribution in [1.29, 1.82) is 0 Å². The summed E-state index contributed by atoms with van der Waals surface area (Å²) in [7, 11) is -4.76. The number of carbonyl (C=O) groups excluding carboxylic acids is 3. The lowest BCUT2D eigenvalue weighted by atomic mass is 10.0. The first-order valence-electron chi connectivity index (χ1n) is 32.2. The molecule has 0 aliphatic heterocycles. The van der Waals surface area contributed by atoms with Crippen LogP contribution in [0.4, 0.5) is 0 Å². The topological polar surface area (TPSA) is 155 Å². The van der Waals surface area contributed by atoms with Crippen molar-refractivity contribution in [3.63, 3.8) is 0 Å². The second-order valence-electron chi connectivity index (χ2n) is 21.6. The lowest BCUT2D eigenvalue weighted by Gasteiger charge is -2.21. The van der Waals surface area contributed by atoms with Crippen LogP contribution in [0.1, 0.15) is 303 Å². The van der Waals surface area contributed by atoms with Crippen LogP contribution in [0, 0.1) is 0 Å². The molecule has 0 aromatic carbocycles. The molecule has 0 saturated heterocycles. The predicted octanol–water partition coefficient (Wildman–Crippen LogP) is 19.5. The van der Waals surface area contributed by atoms with E-state index in [2.05, 4.69) is 81.5 Å². The number of allylic oxidation sites excluding steroid dienone is 10. The summed E-state index contributed by atoms with van der Waals surface area (Å²) in [6.45, 7) is 4.53. The summed E-state index contributed by atoms with van der Waals surface area (Å²) in [4.78, 5) is 48.7. The molecule has 0 aromatic rings. The van der Waals surface area contributed by atoms with Gasteiger partial charge in [0.25, 0.3) is 0 Å². The van der Waals surface area contributed by atoms with Gasteiger partial charge in [0.2, 0.25) is 0 Å². The van der Waals surface area contributed by atoms with E-state index in [9.17, 15) is 28.9 Å². The second-order valence-corrected chi connectivity index (χ2v) is 23.0. The molecule has 0 heterocycles. The number of phosphoric acid groups is 1. The molecule has 0 fully saturated rings. The SMILES string of the molecule is CC/C=C\C/C=C\C/C=C\C/C=C\CCCCC(=O)OC(CO)COP(=O)(O)OCC(COC(=O)CCCCCCCCCCCCCCCCCCC)OC(=O)CCCCCCCCCCC/C=C\CCCCCCCC. The molecule has 0 radical (unpaired) electrons. The fraction of sp³-hybridized carbons (Fsp3) is 0.803. The van der Waals surface area contributed by atoms with E-state index >= 15 is 0 Å². The summed E-state index contributed by atoms with van der Waals surface area (Å²) in [5.41, 5.74) is 0. The van der Waals surface area contributed by atoms with Gasteiger partial charge in [0.15, 0.2) is 6.10 Å². The molecule has 0 aliphatic rings. The van der Waals surface area contributed by atoms with Gasteiger partial charge in [-0.25, -0.2) is 4.57 Å². The van der Waals surface area contributed by atoms with Crippen LogP contribution in [-0.4, -0.2) is 66.5 Å². The van der Waals surface area contributed by atoms with Crippen LogP contribution < -0.4 is 0 Å². The molecule has 12 heteroatoms. The van der Waals surface area contributed by atoms with Crippen LogP contribution in [0.25, 0.3) is 0 Å². The van der Waals surface area contributed by atoms with E-state index in [1.54, 1.807) is 0 Å². The van der Waals surface area contributed by atoms with Gasteiger partial charge in [0.05, 0.1) is 19.8 Å². The molecule has 0 aliphatic carbocycles. The molecule has 3 unspecified atom stereocenters. The van der Waals surface area contributed by atoms with E-state index < -0.39 is 57.8 Å². The molecular weight excluding hydrogens is 1000 g/mol. The Morgan fingerprint density at radius 2 is 0.667 bits per heavy atom. The average Bonchev–Trinajstić information content (AvgIpc) is 3.43. The van der Waals surface area contributed by atoms with Crippen LogP contribution in [0.3, 0.4) is 0 Å². The normalized spacial score (nSPS) is 13.7. The van der Waals surface area contributed by atoms with Crippen molar-refractivity contribution >= 4 is 25.7 Å². The molecule has 3 atom stereocenters. The molecule has 0 aromatic heterocycles. The standard InChI is InChI=1S/C66H119O11P/c1-4-7-10-13-16-19-22-25-28-30-31-33-36-39-42-45-48-51-54-57-66(70)77-63(59-73-64(68)55-52-49-46-43-40-37-35-32-29-26-23-20-17-14-11-8-5-2)61-75-78(71,72)74-60-62(58-67)76-65(69)56-53-50-47-44-41-38-34-27-24-21-18-15-12-9-6-3/h9,12,18,21,25,27-28,34,41,44,62-63,67H,4-8,10-11,13-17,19-20,22-24,26,29-33,35-40,42-43,45-61H2,1-3H3,(H,71,72)/b12-9-,21-18-,28-25-,34-27-,44-41-. The fourth-order valence-corrected chi connectivity index (χ4v) is 9.83. The fourth-order valence-electron chi connectivity index (χ4n) is 9.05. The Balaban J connectivity index is 4.72. The highest BCUT2D eigenvalue weighted by Gasteiger charge is 2.28. The molecule has 11 nitrogen and oxygen atoms in total. The predicted molar refractivity (Wildman–Crippen MR) is 325 cm³/mol. The highest BCUT2D eigenvalue weighted by molar-refractivity contribution is 7.47. The number of rotatable bonds is 60. The molecule has 0 bridgehead atoms. The van der Waals surface area contributed by atoms with Gasteiger partial charge in [-0.3, -0.25) is 23.4 Å². The molecule has 0 spiro atoms.